The number of aromatic nitrogens is 4. The van der Waals surface area contributed by atoms with Gasteiger partial charge in [-0.25, -0.2) is 9.18 Å². The molecule has 0 spiro atoms. The molecule has 0 unspecified atom stereocenters. The van der Waals surface area contributed by atoms with Crippen LogP contribution in [-0.2, 0) is 13.6 Å². The van der Waals surface area contributed by atoms with E-state index in [1.807, 2.05) is 0 Å². The minimum atomic E-state index is -0.381. The standard InChI is InChI=1S/C20H21FN4O3/c1-3-4-5-6-11-24-18(26)16-17(23(2)20(24)27)22-19-25(16)12-15(28-19)13-7-9-14(21)10-8-13/h7-10,12H,3-6,11H2,1-2H3. The average Bonchev–Trinajstić information content (AvgIpc) is 3.24. The van der Waals surface area contributed by atoms with Crippen LogP contribution in [0.4, 0.5) is 4.39 Å². The summed E-state index contributed by atoms with van der Waals surface area (Å²) in [5.74, 6) is 0.337. The highest BCUT2D eigenvalue weighted by Gasteiger charge is 2.20. The van der Waals surface area contributed by atoms with Crippen LogP contribution in [0.3, 0.4) is 0 Å². The molecule has 0 aliphatic rings. The van der Waals surface area contributed by atoms with E-state index >= 15 is 0 Å². The number of rotatable bonds is 6. The molecule has 8 heteroatoms. The molecule has 7 nitrogen and oxygen atoms in total. The largest absolute Gasteiger partial charge is 0.423 e. The van der Waals surface area contributed by atoms with E-state index in [1.54, 1.807) is 29.8 Å². The smallest absolute Gasteiger partial charge is 0.332 e. The molecule has 0 fully saturated rings. The Balaban J connectivity index is 1.85. The monoisotopic (exact) mass is 384 g/mol. The Morgan fingerprint density at radius 2 is 1.86 bits per heavy atom. The van der Waals surface area contributed by atoms with Crippen molar-refractivity contribution in [2.45, 2.75) is 39.2 Å². The van der Waals surface area contributed by atoms with E-state index in [1.165, 1.54) is 21.3 Å². The quantitative estimate of drug-likeness (QED) is 0.478. The van der Waals surface area contributed by atoms with Crippen molar-refractivity contribution in [1.29, 1.82) is 0 Å². The Bertz CT molecular complexity index is 1260. The van der Waals surface area contributed by atoms with Gasteiger partial charge in [-0.05, 0) is 30.7 Å². The highest BCUT2D eigenvalue weighted by Crippen LogP contribution is 2.24. The van der Waals surface area contributed by atoms with Crippen molar-refractivity contribution in [2.24, 2.45) is 7.05 Å². The molecule has 0 aliphatic heterocycles. The number of imidazole rings is 1. The molecule has 0 bridgehead atoms. The van der Waals surface area contributed by atoms with Gasteiger partial charge in [0.2, 0.25) is 0 Å². The maximum absolute atomic E-state index is 13.2. The molecular weight excluding hydrogens is 363 g/mol. The van der Waals surface area contributed by atoms with Crippen molar-refractivity contribution in [2.75, 3.05) is 0 Å². The molecule has 146 valence electrons. The Labute approximate surface area is 159 Å². The highest BCUT2D eigenvalue weighted by atomic mass is 19.1. The third-order valence-electron chi connectivity index (χ3n) is 4.96. The van der Waals surface area contributed by atoms with E-state index in [-0.39, 0.29) is 28.6 Å². The van der Waals surface area contributed by atoms with Gasteiger partial charge in [-0.2, -0.15) is 4.98 Å². The van der Waals surface area contributed by atoms with E-state index in [2.05, 4.69) is 11.9 Å². The first kappa shape index (κ1) is 18.2. The molecular formula is C20H21FN4O3. The van der Waals surface area contributed by atoms with Crippen LogP contribution in [-0.4, -0.2) is 18.5 Å². The number of aryl methyl sites for hydroxylation is 1. The Hall–Kier alpha value is -3.16. The zero-order valence-corrected chi connectivity index (χ0v) is 15.8. The lowest BCUT2D eigenvalue weighted by Crippen LogP contribution is -2.39. The fourth-order valence-corrected chi connectivity index (χ4v) is 3.39. The van der Waals surface area contributed by atoms with Crippen molar-refractivity contribution >= 4 is 17.0 Å². The lowest BCUT2D eigenvalue weighted by Gasteiger charge is -2.07. The molecule has 3 heterocycles. The zero-order chi connectivity index (χ0) is 19.8. The minimum Gasteiger partial charge on any atom is -0.423 e. The summed E-state index contributed by atoms with van der Waals surface area (Å²) in [6.07, 6.45) is 5.52. The number of hydrogen-bond acceptors (Lipinski definition) is 4. The van der Waals surface area contributed by atoms with Crippen LogP contribution < -0.4 is 11.2 Å². The van der Waals surface area contributed by atoms with E-state index in [0.717, 1.165) is 25.7 Å². The Morgan fingerprint density at radius 3 is 2.57 bits per heavy atom. The number of nitrogens with zero attached hydrogens (tertiary/aromatic N) is 4. The van der Waals surface area contributed by atoms with Crippen molar-refractivity contribution in [3.63, 3.8) is 0 Å². The number of hydrogen-bond donors (Lipinski definition) is 0. The second-order valence-corrected chi connectivity index (χ2v) is 6.90. The Kier molecular flexibility index (Phi) is 4.62. The number of oxazole rings is 1. The summed E-state index contributed by atoms with van der Waals surface area (Å²) >= 11 is 0. The maximum Gasteiger partial charge on any atom is 0.332 e. The van der Waals surface area contributed by atoms with Crippen LogP contribution in [0.1, 0.15) is 32.6 Å². The van der Waals surface area contributed by atoms with Gasteiger partial charge >= 0.3 is 11.5 Å². The van der Waals surface area contributed by atoms with Gasteiger partial charge in [0.1, 0.15) is 5.82 Å². The molecule has 0 amide bonds. The summed E-state index contributed by atoms with van der Waals surface area (Å²) in [6, 6.07) is 5.87. The maximum atomic E-state index is 13.2. The van der Waals surface area contributed by atoms with Crippen molar-refractivity contribution in [3.8, 4) is 11.3 Å². The molecule has 0 saturated carbocycles. The van der Waals surface area contributed by atoms with Crippen molar-refractivity contribution in [3.05, 3.63) is 57.1 Å². The first-order chi connectivity index (χ1) is 13.5. The van der Waals surface area contributed by atoms with Crippen molar-refractivity contribution in [1.82, 2.24) is 18.5 Å². The predicted octanol–water partition coefficient (Wildman–Crippen LogP) is 3.33. The molecule has 0 radical (unpaired) electrons. The molecule has 0 aliphatic carbocycles. The van der Waals surface area contributed by atoms with Crippen LogP contribution >= 0.6 is 0 Å². The summed E-state index contributed by atoms with van der Waals surface area (Å²) in [5, 5.41) is 0. The summed E-state index contributed by atoms with van der Waals surface area (Å²) in [6.45, 7) is 2.48. The van der Waals surface area contributed by atoms with Gasteiger partial charge < -0.3 is 4.42 Å². The highest BCUT2D eigenvalue weighted by molar-refractivity contribution is 5.76. The van der Waals surface area contributed by atoms with Gasteiger partial charge in [0, 0.05) is 19.2 Å². The second kappa shape index (κ2) is 7.10. The first-order valence-electron chi connectivity index (χ1n) is 9.38. The lowest BCUT2D eigenvalue weighted by atomic mass is 10.2. The first-order valence-corrected chi connectivity index (χ1v) is 9.38. The van der Waals surface area contributed by atoms with Crippen LogP contribution in [0, 0.1) is 5.82 Å². The van der Waals surface area contributed by atoms with Crippen LogP contribution in [0.5, 0.6) is 0 Å². The van der Waals surface area contributed by atoms with Crippen molar-refractivity contribution < 1.29 is 8.81 Å². The summed E-state index contributed by atoms with van der Waals surface area (Å²) in [7, 11) is 1.60. The molecule has 1 aromatic carbocycles. The number of halogens is 1. The fourth-order valence-electron chi connectivity index (χ4n) is 3.39. The van der Waals surface area contributed by atoms with Gasteiger partial charge in [0.05, 0.1) is 6.20 Å². The molecule has 4 aromatic rings. The number of fused-ring (bicyclic) bond motifs is 3. The molecule has 3 aromatic heterocycles. The van der Waals surface area contributed by atoms with E-state index in [0.29, 0.717) is 23.4 Å². The Morgan fingerprint density at radius 1 is 1.11 bits per heavy atom. The molecule has 0 saturated heterocycles. The summed E-state index contributed by atoms with van der Waals surface area (Å²) in [4.78, 5) is 29.9. The van der Waals surface area contributed by atoms with Gasteiger partial charge in [-0.15, -0.1) is 0 Å². The van der Waals surface area contributed by atoms with Crippen LogP contribution in [0.15, 0.2) is 44.5 Å². The molecule has 0 N–H and O–H groups in total. The van der Waals surface area contributed by atoms with E-state index in [4.69, 9.17) is 4.42 Å². The topological polar surface area (TPSA) is 74.4 Å². The van der Waals surface area contributed by atoms with Gasteiger partial charge in [-0.1, -0.05) is 26.2 Å². The molecule has 28 heavy (non-hydrogen) atoms. The summed E-state index contributed by atoms with van der Waals surface area (Å²) in [5.41, 5.74) is 0.487. The van der Waals surface area contributed by atoms with Crippen LogP contribution in [0.2, 0.25) is 0 Å². The third-order valence-corrected chi connectivity index (χ3v) is 4.96. The van der Waals surface area contributed by atoms with Gasteiger partial charge in [-0.3, -0.25) is 18.3 Å². The normalized spacial score (nSPS) is 11.7. The average molecular weight is 384 g/mol. The zero-order valence-electron chi connectivity index (χ0n) is 15.8. The van der Waals surface area contributed by atoms with Gasteiger partial charge in [0.25, 0.3) is 5.56 Å². The SMILES string of the molecule is CCCCCCn1c(=O)c2c(nc3oc(-c4ccc(F)cc4)cn32)n(C)c1=O. The second-order valence-electron chi connectivity index (χ2n) is 6.90. The molecule has 0 atom stereocenters. The summed E-state index contributed by atoms with van der Waals surface area (Å²) < 4.78 is 23.1. The fraction of sp³-hybridized carbons (Fsp3) is 0.350. The predicted molar refractivity (Wildman–Crippen MR) is 104 cm³/mol. The number of unbranched alkanes of at least 4 members (excludes halogenated alkanes) is 3. The third kappa shape index (κ3) is 2.94. The molecule has 4 rings (SSSR count). The number of benzene rings is 1. The van der Waals surface area contributed by atoms with E-state index < -0.39 is 0 Å². The van der Waals surface area contributed by atoms with E-state index in [9.17, 15) is 14.0 Å². The van der Waals surface area contributed by atoms with Crippen LogP contribution in [0.25, 0.3) is 28.3 Å². The minimum absolute atomic E-state index is 0.213. The lowest BCUT2D eigenvalue weighted by molar-refractivity contribution is 0.539. The van der Waals surface area contributed by atoms with Gasteiger partial charge in [0.15, 0.2) is 16.9 Å².